The number of para-hydroxylation sites is 2. The number of hydrogen-bond donors (Lipinski definition) is 2. The molecule has 5 heteroatoms. The quantitative estimate of drug-likeness (QED) is 0.648. The zero-order valence-corrected chi connectivity index (χ0v) is 12.5. The van der Waals surface area contributed by atoms with Gasteiger partial charge in [-0.1, -0.05) is 12.1 Å². The number of piperidine rings is 1. The first-order valence-corrected chi connectivity index (χ1v) is 7.87. The van der Waals surface area contributed by atoms with Crippen LogP contribution in [0, 0.1) is 5.41 Å². The number of anilines is 2. The summed E-state index contributed by atoms with van der Waals surface area (Å²) in [5.74, 6) is 0.475. The Bertz CT molecular complexity index is 479. The van der Waals surface area contributed by atoms with E-state index < -0.39 is 0 Å². The van der Waals surface area contributed by atoms with Crippen molar-refractivity contribution in [2.24, 2.45) is 0 Å². The second-order valence-electron chi connectivity index (χ2n) is 5.64. The van der Waals surface area contributed by atoms with Crippen LogP contribution in [0.3, 0.4) is 0 Å². The third kappa shape index (κ3) is 3.47. The molecule has 2 saturated heterocycles. The molecule has 2 fully saturated rings. The van der Waals surface area contributed by atoms with Crippen LogP contribution in [0.5, 0.6) is 0 Å². The molecule has 0 radical (unpaired) electrons. The number of hydrogen-bond acceptors (Lipinski definition) is 3. The molecule has 2 N–H and O–H groups in total. The maximum absolute atomic E-state index is 8.27. The first kappa shape index (κ1) is 14.2. The van der Waals surface area contributed by atoms with Crippen LogP contribution >= 0.6 is 0 Å². The van der Waals surface area contributed by atoms with Gasteiger partial charge in [0.05, 0.1) is 24.6 Å². The molecule has 5 nitrogen and oxygen atoms in total. The molecule has 0 aliphatic carbocycles. The maximum Gasteiger partial charge on any atom is 0.195 e. The van der Waals surface area contributed by atoms with Gasteiger partial charge in [-0.2, -0.15) is 0 Å². The van der Waals surface area contributed by atoms with E-state index in [1.54, 1.807) is 0 Å². The Hall–Kier alpha value is -1.75. The molecule has 0 saturated carbocycles. The highest BCUT2D eigenvalue weighted by Crippen LogP contribution is 2.28. The second kappa shape index (κ2) is 6.80. The van der Waals surface area contributed by atoms with E-state index in [-0.39, 0.29) is 0 Å². The van der Waals surface area contributed by atoms with Crippen LogP contribution in [0.1, 0.15) is 19.3 Å². The van der Waals surface area contributed by atoms with Crippen molar-refractivity contribution in [3.8, 4) is 0 Å². The van der Waals surface area contributed by atoms with E-state index >= 15 is 0 Å². The summed E-state index contributed by atoms with van der Waals surface area (Å²) in [6.07, 6.45) is 3.85. The van der Waals surface area contributed by atoms with Gasteiger partial charge in [0.2, 0.25) is 0 Å². The summed E-state index contributed by atoms with van der Waals surface area (Å²) < 4.78 is 5.34. The molecule has 2 aliphatic heterocycles. The number of nitrogens with zero attached hydrogens (tertiary/aromatic N) is 2. The predicted octanol–water partition coefficient (Wildman–Crippen LogP) is 2.36. The summed E-state index contributed by atoms with van der Waals surface area (Å²) >= 11 is 0. The van der Waals surface area contributed by atoms with Crippen LogP contribution in [0.25, 0.3) is 0 Å². The van der Waals surface area contributed by atoms with Gasteiger partial charge in [0.15, 0.2) is 5.96 Å². The predicted molar refractivity (Wildman–Crippen MR) is 86.2 cm³/mol. The fraction of sp³-hybridized carbons (Fsp3) is 0.562. The first-order chi connectivity index (χ1) is 10.3. The van der Waals surface area contributed by atoms with Crippen molar-refractivity contribution in [2.45, 2.75) is 19.3 Å². The van der Waals surface area contributed by atoms with Gasteiger partial charge in [-0.05, 0) is 31.4 Å². The summed E-state index contributed by atoms with van der Waals surface area (Å²) in [7, 11) is 0. The van der Waals surface area contributed by atoms with Crippen LogP contribution in [0.4, 0.5) is 11.4 Å². The molecular formula is C16H24N4O. The summed E-state index contributed by atoms with van der Waals surface area (Å²) in [6.45, 7) is 5.22. The van der Waals surface area contributed by atoms with Crippen LogP contribution in [-0.2, 0) is 4.74 Å². The highest BCUT2D eigenvalue weighted by molar-refractivity contribution is 5.94. The Morgan fingerprint density at radius 2 is 1.71 bits per heavy atom. The van der Waals surface area contributed by atoms with E-state index in [1.165, 1.54) is 24.9 Å². The van der Waals surface area contributed by atoms with E-state index in [1.807, 2.05) is 11.0 Å². The molecule has 2 aliphatic rings. The van der Waals surface area contributed by atoms with Crippen molar-refractivity contribution in [2.75, 3.05) is 49.6 Å². The van der Waals surface area contributed by atoms with Crippen molar-refractivity contribution in [1.29, 1.82) is 5.41 Å². The Morgan fingerprint density at radius 3 is 2.48 bits per heavy atom. The van der Waals surface area contributed by atoms with Crippen molar-refractivity contribution in [3.05, 3.63) is 24.3 Å². The number of benzene rings is 1. The van der Waals surface area contributed by atoms with Gasteiger partial charge in [-0.25, -0.2) is 0 Å². The molecule has 1 aromatic carbocycles. The Kier molecular flexibility index (Phi) is 4.60. The number of morpholine rings is 1. The molecule has 0 spiro atoms. The topological polar surface area (TPSA) is 51.6 Å². The molecule has 0 bridgehead atoms. The minimum Gasteiger partial charge on any atom is -0.378 e. The van der Waals surface area contributed by atoms with E-state index in [2.05, 4.69) is 28.4 Å². The van der Waals surface area contributed by atoms with Gasteiger partial charge in [0, 0.05) is 26.2 Å². The van der Waals surface area contributed by atoms with Gasteiger partial charge >= 0.3 is 0 Å². The molecule has 1 aromatic rings. The number of ether oxygens (including phenoxy) is 1. The molecule has 0 amide bonds. The van der Waals surface area contributed by atoms with Crippen LogP contribution in [0.2, 0.25) is 0 Å². The van der Waals surface area contributed by atoms with Crippen LogP contribution in [-0.4, -0.2) is 50.3 Å². The van der Waals surface area contributed by atoms with E-state index in [4.69, 9.17) is 10.1 Å². The second-order valence-corrected chi connectivity index (χ2v) is 5.64. The van der Waals surface area contributed by atoms with Crippen molar-refractivity contribution >= 4 is 17.3 Å². The number of rotatable bonds is 2. The smallest absolute Gasteiger partial charge is 0.195 e. The monoisotopic (exact) mass is 288 g/mol. The van der Waals surface area contributed by atoms with E-state index in [0.29, 0.717) is 19.2 Å². The third-order valence-corrected chi connectivity index (χ3v) is 4.18. The minimum atomic E-state index is 0.475. The standard InChI is InChI=1S/C16H24N4O/c17-16(20-10-12-21-13-11-20)18-14-6-2-3-7-15(14)19-8-4-1-5-9-19/h2-3,6-7H,1,4-5,8-13H2,(H2,17,18). The van der Waals surface area contributed by atoms with Gasteiger partial charge in [0.1, 0.15) is 0 Å². The highest BCUT2D eigenvalue weighted by atomic mass is 16.5. The summed E-state index contributed by atoms with van der Waals surface area (Å²) in [5, 5.41) is 11.6. The van der Waals surface area contributed by atoms with Gasteiger partial charge in [0.25, 0.3) is 0 Å². The number of nitrogens with one attached hydrogen (secondary N) is 2. The fourth-order valence-corrected chi connectivity index (χ4v) is 2.98. The summed E-state index contributed by atoms with van der Waals surface area (Å²) in [5.41, 5.74) is 2.26. The number of guanidine groups is 1. The largest absolute Gasteiger partial charge is 0.378 e. The minimum absolute atomic E-state index is 0.475. The average Bonchev–Trinajstić information content (AvgIpc) is 2.57. The normalized spacial score (nSPS) is 19.4. The Balaban J connectivity index is 1.70. The van der Waals surface area contributed by atoms with Gasteiger partial charge in [-0.15, -0.1) is 0 Å². The molecule has 3 rings (SSSR count). The summed E-state index contributed by atoms with van der Waals surface area (Å²) in [4.78, 5) is 4.47. The highest BCUT2D eigenvalue weighted by Gasteiger charge is 2.17. The lowest BCUT2D eigenvalue weighted by molar-refractivity contribution is 0.0677. The molecule has 2 heterocycles. The molecule has 0 unspecified atom stereocenters. The SMILES string of the molecule is N=C(Nc1ccccc1N1CCCCC1)N1CCOCC1. The molecule has 21 heavy (non-hydrogen) atoms. The lowest BCUT2D eigenvalue weighted by Gasteiger charge is -2.33. The van der Waals surface area contributed by atoms with E-state index in [0.717, 1.165) is 31.9 Å². The van der Waals surface area contributed by atoms with E-state index in [9.17, 15) is 0 Å². The molecule has 114 valence electrons. The Labute approximate surface area is 126 Å². The Morgan fingerprint density at radius 1 is 1.00 bits per heavy atom. The van der Waals surface area contributed by atoms with Gasteiger partial charge in [-0.3, -0.25) is 5.41 Å². The van der Waals surface area contributed by atoms with Gasteiger partial charge < -0.3 is 19.9 Å². The molecule has 0 aromatic heterocycles. The maximum atomic E-state index is 8.27. The van der Waals surface area contributed by atoms with Crippen LogP contribution in [0.15, 0.2) is 24.3 Å². The zero-order chi connectivity index (χ0) is 14.5. The zero-order valence-electron chi connectivity index (χ0n) is 12.5. The molecular weight excluding hydrogens is 264 g/mol. The van der Waals surface area contributed by atoms with Crippen molar-refractivity contribution in [1.82, 2.24) is 4.90 Å². The first-order valence-electron chi connectivity index (χ1n) is 7.87. The van der Waals surface area contributed by atoms with Crippen LogP contribution < -0.4 is 10.2 Å². The van der Waals surface area contributed by atoms with Crippen molar-refractivity contribution in [3.63, 3.8) is 0 Å². The molecule has 0 atom stereocenters. The third-order valence-electron chi connectivity index (χ3n) is 4.18. The fourth-order valence-electron chi connectivity index (χ4n) is 2.98. The lowest BCUT2D eigenvalue weighted by Crippen LogP contribution is -2.43. The summed E-state index contributed by atoms with van der Waals surface area (Å²) in [6, 6.07) is 8.33. The average molecular weight is 288 g/mol. The van der Waals surface area contributed by atoms with Crippen molar-refractivity contribution < 1.29 is 4.74 Å². The lowest BCUT2D eigenvalue weighted by atomic mass is 10.1.